The summed E-state index contributed by atoms with van der Waals surface area (Å²) in [7, 11) is 0. The molecule has 0 fully saturated rings. The lowest BCUT2D eigenvalue weighted by atomic mass is 10.2. The minimum absolute atomic E-state index is 0.197. The lowest BCUT2D eigenvalue weighted by Crippen LogP contribution is -2.08. The fourth-order valence-electron chi connectivity index (χ4n) is 1.40. The first-order valence-corrected chi connectivity index (χ1v) is 6.05. The summed E-state index contributed by atoms with van der Waals surface area (Å²) in [4.78, 5) is 0. The van der Waals surface area contributed by atoms with E-state index in [1.807, 2.05) is 31.2 Å². The molecular formula is C10H10BrClN4. The zero-order valence-corrected chi connectivity index (χ0v) is 11.0. The van der Waals surface area contributed by atoms with Crippen LogP contribution in [0.5, 0.6) is 0 Å². The minimum Gasteiger partial charge on any atom is -0.224 e. The second-order valence-electron chi connectivity index (χ2n) is 3.40. The Kier molecular flexibility index (Phi) is 3.56. The Bertz CT molecular complexity index is 483. The molecule has 1 unspecified atom stereocenters. The summed E-state index contributed by atoms with van der Waals surface area (Å²) in [6.45, 7) is 2.46. The van der Waals surface area contributed by atoms with Crippen LogP contribution >= 0.6 is 27.5 Å². The van der Waals surface area contributed by atoms with E-state index >= 15 is 0 Å². The third-order valence-corrected chi connectivity index (χ3v) is 3.16. The van der Waals surface area contributed by atoms with Crippen molar-refractivity contribution in [2.45, 2.75) is 18.8 Å². The molecule has 0 saturated heterocycles. The zero-order valence-electron chi connectivity index (χ0n) is 8.64. The molecule has 2 aromatic rings. The molecule has 1 aromatic carbocycles. The quantitative estimate of drug-likeness (QED) is 0.819. The second-order valence-corrected chi connectivity index (χ2v) is 4.91. The number of alkyl halides is 1. The molecular weight excluding hydrogens is 291 g/mol. The largest absolute Gasteiger partial charge is 0.224 e. The molecule has 0 aliphatic heterocycles. The summed E-state index contributed by atoms with van der Waals surface area (Å²) in [6.07, 6.45) is 0. The van der Waals surface area contributed by atoms with Gasteiger partial charge in [-0.1, -0.05) is 34.1 Å². The van der Waals surface area contributed by atoms with Gasteiger partial charge in [0.2, 0.25) is 0 Å². The number of halogens is 2. The highest BCUT2D eigenvalue weighted by Crippen LogP contribution is 2.20. The number of rotatable bonds is 3. The lowest BCUT2D eigenvalue weighted by molar-refractivity contribution is 0.617. The summed E-state index contributed by atoms with van der Waals surface area (Å²) in [5.74, 6) is 0.678. The topological polar surface area (TPSA) is 43.6 Å². The standard InChI is InChI=1S/C10H10BrClN4/c1-7(12)10-13-14-15-16(10)6-8-4-2-3-5-9(8)11/h2-5,7H,6H2,1H3. The highest BCUT2D eigenvalue weighted by molar-refractivity contribution is 9.10. The normalized spacial score (nSPS) is 12.7. The van der Waals surface area contributed by atoms with E-state index in [1.165, 1.54) is 0 Å². The van der Waals surface area contributed by atoms with Gasteiger partial charge in [-0.05, 0) is 29.0 Å². The second kappa shape index (κ2) is 4.93. The van der Waals surface area contributed by atoms with Crippen LogP contribution in [-0.4, -0.2) is 20.2 Å². The van der Waals surface area contributed by atoms with Crippen LogP contribution in [0.2, 0.25) is 0 Å². The number of nitrogens with zero attached hydrogens (tertiary/aromatic N) is 4. The van der Waals surface area contributed by atoms with E-state index in [0.717, 1.165) is 10.0 Å². The monoisotopic (exact) mass is 300 g/mol. The summed E-state index contributed by atoms with van der Waals surface area (Å²) in [5, 5.41) is 11.3. The predicted molar refractivity (Wildman–Crippen MR) is 65.3 cm³/mol. The summed E-state index contributed by atoms with van der Waals surface area (Å²) >= 11 is 9.47. The van der Waals surface area contributed by atoms with Crippen molar-refractivity contribution in [3.05, 3.63) is 40.1 Å². The summed E-state index contributed by atoms with van der Waals surface area (Å²) < 4.78 is 2.75. The maximum absolute atomic E-state index is 5.98. The average molecular weight is 302 g/mol. The fraction of sp³-hybridized carbons (Fsp3) is 0.300. The molecule has 1 atom stereocenters. The molecule has 16 heavy (non-hydrogen) atoms. The van der Waals surface area contributed by atoms with Crippen LogP contribution < -0.4 is 0 Å². The van der Waals surface area contributed by atoms with Crippen molar-refractivity contribution < 1.29 is 0 Å². The van der Waals surface area contributed by atoms with Crippen LogP contribution in [0.3, 0.4) is 0 Å². The first kappa shape index (κ1) is 11.5. The SMILES string of the molecule is CC(Cl)c1nnnn1Cc1ccccc1Br. The lowest BCUT2D eigenvalue weighted by Gasteiger charge is -2.07. The van der Waals surface area contributed by atoms with Gasteiger partial charge in [0.15, 0.2) is 5.82 Å². The Hall–Kier alpha value is -0.940. The first-order valence-electron chi connectivity index (χ1n) is 4.82. The van der Waals surface area contributed by atoms with E-state index < -0.39 is 0 Å². The van der Waals surface area contributed by atoms with Crippen molar-refractivity contribution in [2.75, 3.05) is 0 Å². The van der Waals surface area contributed by atoms with Gasteiger partial charge in [-0.25, -0.2) is 4.68 Å². The van der Waals surface area contributed by atoms with E-state index in [1.54, 1.807) is 4.68 Å². The molecule has 0 spiro atoms. The Morgan fingerprint density at radius 1 is 1.44 bits per heavy atom. The maximum Gasteiger partial charge on any atom is 0.169 e. The van der Waals surface area contributed by atoms with Crippen LogP contribution in [0.15, 0.2) is 28.7 Å². The Labute approximate surface area is 107 Å². The van der Waals surface area contributed by atoms with Gasteiger partial charge in [0.05, 0.1) is 11.9 Å². The molecule has 0 N–H and O–H groups in total. The van der Waals surface area contributed by atoms with E-state index in [0.29, 0.717) is 12.4 Å². The Balaban J connectivity index is 2.27. The highest BCUT2D eigenvalue weighted by Gasteiger charge is 2.12. The van der Waals surface area contributed by atoms with Crippen LogP contribution in [0, 0.1) is 0 Å². The number of aromatic nitrogens is 4. The van der Waals surface area contributed by atoms with Crippen molar-refractivity contribution >= 4 is 27.5 Å². The highest BCUT2D eigenvalue weighted by atomic mass is 79.9. The van der Waals surface area contributed by atoms with Gasteiger partial charge in [-0.3, -0.25) is 0 Å². The molecule has 0 radical (unpaired) electrons. The van der Waals surface area contributed by atoms with Gasteiger partial charge in [-0.2, -0.15) is 0 Å². The number of benzene rings is 1. The van der Waals surface area contributed by atoms with Crippen molar-refractivity contribution in [1.82, 2.24) is 20.2 Å². The average Bonchev–Trinajstić information content (AvgIpc) is 2.69. The smallest absolute Gasteiger partial charge is 0.169 e. The number of hydrogen-bond donors (Lipinski definition) is 0. The first-order chi connectivity index (χ1) is 7.68. The van der Waals surface area contributed by atoms with Crippen molar-refractivity contribution in [3.63, 3.8) is 0 Å². The molecule has 2 rings (SSSR count). The Morgan fingerprint density at radius 2 is 2.19 bits per heavy atom. The number of tetrazole rings is 1. The molecule has 0 aliphatic carbocycles. The van der Waals surface area contributed by atoms with Crippen molar-refractivity contribution in [1.29, 1.82) is 0 Å². The zero-order chi connectivity index (χ0) is 11.5. The molecule has 6 heteroatoms. The third kappa shape index (κ3) is 2.41. The fourth-order valence-corrected chi connectivity index (χ4v) is 1.96. The van der Waals surface area contributed by atoms with Crippen LogP contribution in [-0.2, 0) is 6.54 Å². The molecule has 4 nitrogen and oxygen atoms in total. The minimum atomic E-state index is -0.197. The van der Waals surface area contributed by atoms with E-state index in [2.05, 4.69) is 31.5 Å². The van der Waals surface area contributed by atoms with E-state index in [-0.39, 0.29) is 5.38 Å². The molecule has 0 bridgehead atoms. The third-order valence-electron chi connectivity index (χ3n) is 2.19. The predicted octanol–water partition coefficient (Wildman–Crippen LogP) is 2.78. The molecule has 0 amide bonds. The van der Waals surface area contributed by atoms with Gasteiger partial charge >= 0.3 is 0 Å². The Morgan fingerprint density at radius 3 is 2.88 bits per heavy atom. The van der Waals surface area contributed by atoms with E-state index in [9.17, 15) is 0 Å². The number of hydrogen-bond acceptors (Lipinski definition) is 3. The summed E-state index contributed by atoms with van der Waals surface area (Å²) in [6, 6.07) is 7.96. The van der Waals surface area contributed by atoms with Gasteiger partial charge in [0.1, 0.15) is 0 Å². The summed E-state index contributed by atoms with van der Waals surface area (Å²) in [5.41, 5.74) is 1.12. The molecule has 84 valence electrons. The van der Waals surface area contributed by atoms with Crippen LogP contribution in [0.1, 0.15) is 23.7 Å². The van der Waals surface area contributed by atoms with Gasteiger partial charge < -0.3 is 0 Å². The molecule has 1 aromatic heterocycles. The molecule has 0 saturated carbocycles. The van der Waals surface area contributed by atoms with Gasteiger partial charge in [0, 0.05) is 4.47 Å². The van der Waals surface area contributed by atoms with Crippen LogP contribution in [0.4, 0.5) is 0 Å². The van der Waals surface area contributed by atoms with Crippen LogP contribution in [0.25, 0.3) is 0 Å². The van der Waals surface area contributed by atoms with Gasteiger partial charge in [-0.15, -0.1) is 16.7 Å². The van der Waals surface area contributed by atoms with Crippen molar-refractivity contribution in [3.8, 4) is 0 Å². The van der Waals surface area contributed by atoms with Gasteiger partial charge in [0.25, 0.3) is 0 Å². The molecule has 1 heterocycles. The van der Waals surface area contributed by atoms with Crippen molar-refractivity contribution in [2.24, 2.45) is 0 Å². The van der Waals surface area contributed by atoms with E-state index in [4.69, 9.17) is 11.6 Å². The molecule has 0 aliphatic rings. The maximum atomic E-state index is 5.98.